The van der Waals surface area contributed by atoms with Crippen LogP contribution < -0.4 is 0 Å². The van der Waals surface area contributed by atoms with E-state index in [0.717, 1.165) is 6.42 Å². The summed E-state index contributed by atoms with van der Waals surface area (Å²) in [7, 11) is 0. The van der Waals surface area contributed by atoms with Gasteiger partial charge in [-0.2, -0.15) is 0 Å². The van der Waals surface area contributed by atoms with Crippen molar-refractivity contribution in [1.29, 1.82) is 0 Å². The van der Waals surface area contributed by atoms with E-state index in [4.69, 9.17) is 0 Å². The predicted molar refractivity (Wildman–Crippen MR) is 72.0 cm³/mol. The molecule has 1 nitrogen and oxygen atoms in total. The summed E-state index contributed by atoms with van der Waals surface area (Å²) in [4.78, 5) is 0. The molecule has 18 heavy (non-hydrogen) atoms. The molecule has 0 aliphatic heterocycles. The van der Waals surface area contributed by atoms with E-state index in [0.29, 0.717) is 24.3 Å². The van der Waals surface area contributed by atoms with E-state index in [2.05, 4.69) is 20.8 Å². The van der Waals surface area contributed by atoms with E-state index in [1.54, 1.807) is 0 Å². The van der Waals surface area contributed by atoms with Crippen LogP contribution in [0.5, 0.6) is 0 Å². The molecule has 1 fully saturated rings. The molecule has 3 atom stereocenters. The monoisotopic (exact) mass is 250 g/mol. The Bertz CT molecular complexity index is 395. The maximum absolute atomic E-state index is 14.4. The summed E-state index contributed by atoms with van der Waals surface area (Å²) in [6, 6.07) is 9.25. The quantitative estimate of drug-likeness (QED) is 0.797. The predicted octanol–water partition coefficient (Wildman–Crippen LogP) is 4.06. The van der Waals surface area contributed by atoms with Crippen molar-refractivity contribution < 1.29 is 9.50 Å². The highest BCUT2D eigenvalue weighted by Gasteiger charge is 2.46. The molecule has 1 aliphatic carbocycles. The Labute approximate surface area is 109 Å². The standard InChI is InChI=1S/C16H23FO/c1-15(2,3)13-9-10-16(18,14(17)11-13)12-7-5-4-6-8-12/h4-8,13-14,18H,9-11H2,1-3H3. The lowest BCUT2D eigenvalue weighted by molar-refractivity contribution is -0.0938. The Hall–Kier alpha value is -0.890. The van der Waals surface area contributed by atoms with Gasteiger partial charge < -0.3 is 5.11 Å². The summed E-state index contributed by atoms with van der Waals surface area (Å²) in [5.74, 6) is 0.344. The van der Waals surface area contributed by atoms with Gasteiger partial charge in [0.05, 0.1) is 0 Å². The van der Waals surface area contributed by atoms with Gasteiger partial charge in [-0.05, 0) is 36.2 Å². The maximum Gasteiger partial charge on any atom is 0.133 e. The number of aliphatic hydroxyl groups is 1. The molecule has 1 aromatic carbocycles. The van der Waals surface area contributed by atoms with Gasteiger partial charge in [0, 0.05) is 0 Å². The second-order valence-electron chi connectivity index (χ2n) is 6.60. The average Bonchev–Trinajstić information content (AvgIpc) is 2.32. The van der Waals surface area contributed by atoms with Gasteiger partial charge in [0.25, 0.3) is 0 Å². The third-order valence-corrected chi connectivity index (χ3v) is 4.38. The molecule has 0 bridgehead atoms. The summed E-state index contributed by atoms with van der Waals surface area (Å²) >= 11 is 0. The van der Waals surface area contributed by atoms with Crippen LogP contribution in [-0.2, 0) is 5.60 Å². The molecule has 100 valence electrons. The van der Waals surface area contributed by atoms with Gasteiger partial charge in [0.2, 0.25) is 0 Å². The minimum atomic E-state index is -1.29. The number of hydrogen-bond donors (Lipinski definition) is 1. The van der Waals surface area contributed by atoms with E-state index in [-0.39, 0.29) is 5.41 Å². The van der Waals surface area contributed by atoms with E-state index in [1.807, 2.05) is 30.3 Å². The topological polar surface area (TPSA) is 20.2 Å². The molecule has 3 unspecified atom stereocenters. The number of hydrogen-bond acceptors (Lipinski definition) is 1. The van der Waals surface area contributed by atoms with Crippen LogP contribution in [0.4, 0.5) is 4.39 Å². The minimum absolute atomic E-state index is 0.113. The first-order valence-corrected chi connectivity index (χ1v) is 6.76. The summed E-state index contributed by atoms with van der Waals surface area (Å²) in [5.41, 5.74) is -0.462. The molecule has 0 saturated heterocycles. The molecular formula is C16H23FO. The minimum Gasteiger partial charge on any atom is -0.382 e. The Balaban J connectivity index is 2.19. The number of halogens is 1. The molecule has 2 rings (SSSR count). The van der Waals surface area contributed by atoms with Gasteiger partial charge in [-0.1, -0.05) is 51.1 Å². The first kappa shape index (κ1) is 13.5. The van der Waals surface area contributed by atoms with Crippen LogP contribution in [0.25, 0.3) is 0 Å². The van der Waals surface area contributed by atoms with Gasteiger partial charge in [-0.3, -0.25) is 0 Å². The fourth-order valence-electron chi connectivity index (χ4n) is 2.95. The van der Waals surface area contributed by atoms with E-state index < -0.39 is 11.8 Å². The number of benzene rings is 1. The molecule has 0 spiro atoms. The lowest BCUT2D eigenvalue weighted by Crippen LogP contribution is -2.44. The number of alkyl halides is 1. The molecule has 1 aliphatic rings. The zero-order chi connectivity index (χ0) is 13.4. The van der Waals surface area contributed by atoms with Crippen molar-refractivity contribution >= 4 is 0 Å². The second-order valence-corrected chi connectivity index (χ2v) is 6.60. The zero-order valence-electron chi connectivity index (χ0n) is 11.5. The number of rotatable bonds is 1. The van der Waals surface area contributed by atoms with E-state index in [1.165, 1.54) is 0 Å². The van der Waals surface area contributed by atoms with Gasteiger partial charge in [0.15, 0.2) is 0 Å². The third kappa shape index (κ3) is 2.44. The summed E-state index contributed by atoms with van der Waals surface area (Å²) in [6.45, 7) is 6.45. The fourth-order valence-corrected chi connectivity index (χ4v) is 2.95. The van der Waals surface area contributed by atoms with Crippen molar-refractivity contribution in [3.8, 4) is 0 Å². The fraction of sp³-hybridized carbons (Fsp3) is 0.625. The molecular weight excluding hydrogens is 227 g/mol. The maximum atomic E-state index is 14.4. The molecule has 2 heteroatoms. The average molecular weight is 250 g/mol. The van der Waals surface area contributed by atoms with Crippen molar-refractivity contribution in [2.75, 3.05) is 0 Å². The van der Waals surface area contributed by atoms with Crippen LogP contribution >= 0.6 is 0 Å². The molecule has 0 radical (unpaired) electrons. The molecule has 1 N–H and O–H groups in total. The normalized spacial score (nSPS) is 33.4. The Kier molecular flexibility index (Phi) is 3.50. The van der Waals surface area contributed by atoms with Crippen molar-refractivity contribution in [2.45, 2.75) is 51.8 Å². The highest BCUT2D eigenvalue weighted by Crippen LogP contribution is 2.46. The third-order valence-electron chi connectivity index (χ3n) is 4.38. The SMILES string of the molecule is CC(C)(C)C1CCC(O)(c2ccccc2)C(F)C1. The summed E-state index contributed by atoms with van der Waals surface area (Å²) in [5, 5.41) is 10.6. The Morgan fingerprint density at radius 2 is 1.83 bits per heavy atom. The van der Waals surface area contributed by atoms with Gasteiger partial charge in [-0.15, -0.1) is 0 Å². The van der Waals surface area contributed by atoms with Gasteiger partial charge in [0.1, 0.15) is 11.8 Å². The smallest absolute Gasteiger partial charge is 0.133 e. The van der Waals surface area contributed by atoms with Crippen LogP contribution in [0, 0.1) is 11.3 Å². The first-order chi connectivity index (χ1) is 8.34. The van der Waals surface area contributed by atoms with Crippen LogP contribution in [0.2, 0.25) is 0 Å². The van der Waals surface area contributed by atoms with Crippen molar-refractivity contribution in [2.24, 2.45) is 11.3 Å². The van der Waals surface area contributed by atoms with Crippen molar-refractivity contribution in [3.63, 3.8) is 0 Å². The lowest BCUT2D eigenvalue weighted by Gasteiger charge is -2.43. The Morgan fingerprint density at radius 3 is 2.33 bits per heavy atom. The highest BCUT2D eigenvalue weighted by molar-refractivity contribution is 5.24. The molecule has 1 saturated carbocycles. The van der Waals surface area contributed by atoms with E-state index >= 15 is 0 Å². The van der Waals surface area contributed by atoms with Crippen molar-refractivity contribution in [3.05, 3.63) is 35.9 Å². The molecule has 0 amide bonds. The largest absolute Gasteiger partial charge is 0.382 e. The van der Waals surface area contributed by atoms with Crippen molar-refractivity contribution in [1.82, 2.24) is 0 Å². The first-order valence-electron chi connectivity index (χ1n) is 6.76. The Morgan fingerprint density at radius 1 is 1.22 bits per heavy atom. The highest BCUT2D eigenvalue weighted by atomic mass is 19.1. The van der Waals surface area contributed by atoms with Crippen LogP contribution in [0.15, 0.2) is 30.3 Å². The van der Waals surface area contributed by atoms with Crippen LogP contribution in [0.3, 0.4) is 0 Å². The summed E-state index contributed by atoms with van der Waals surface area (Å²) < 4.78 is 14.4. The lowest BCUT2D eigenvalue weighted by atomic mass is 9.66. The summed E-state index contributed by atoms with van der Waals surface area (Å²) in [6.07, 6.45) is 0.683. The van der Waals surface area contributed by atoms with Gasteiger partial charge in [-0.25, -0.2) is 4.39 Å². The van der Waals surface area contributed by atoms with E-state index in [9.17, 15) is 9.50 Å². The second kappa shape index (κ2) is 4.65. The zero-order valence-corrected chi connectivity index (χ0v) is 11.5. The van der Waals surface area contributed by atoms with Crippen LogP contribution in [0.1, 0.15) is 45.6 Å². The van der Waals surface area contributed by atoms with Gasteiger partial charge >= 0.3 is 0 Å². The molecule has 1 aromatic rings. The molecule has 0 heterocycles. The van der Waals surface area contributed by atoms with Crippen LogP contribution in [-0.4, -0.2) is 11.3 Å². The molecule has 0 aromatic heterocycles.